The molecule has 0 fully saturated rings. The Hall–Kier alpha value is -1.64. The largest absolute Gasteiger partial charge is 0.496 e. The molecule has 1 aliphatic heterocycles. The Labute approximate surface area is 70.1 Å². The first kappa shape index (κ1) is 7.03. The lowest BCUT2D eigenvalue weighted by Crippen LogP contribution is -1.86. The molecule has 1 heterocycles. The van der Waals surface area contributed by atoms with Crippen molar-refractivity contribution in [1.82, 2.24) is 0 Å². The third-order valence-corrected chi connectivity index (χ3v) is 1.74. The summed E-state index contributed by atoms with van der Waals surface area (Å²) in [6, 6.07) is 4.82. The molecule has 0 saturated heterocycles. The molecule has 2 aliphatic rings. The van der Waals surface area contributed by atoms with E-state index in [1.165, 1.54) is 6.26 Å². The minimum Gasteiger partial charge on any atom is -0.496 e. The lowest BCUT2D eigenvalue weighted by Gasteiger charge is -1.98. The third-order valence-electron chi connectivity index (χ3n) is 1.74. The lowest BCUT2D eigenvalue weighted by molar-refractivity contribution is 0.415. The first-order valence-electron chi connectivity index (χ1n) is 3.53. The van der Waals surface area contributed by atoms with E-state index in [1.807, 2.05) is 6.07 Å². The first-order valence-corrected chi connectivity index (χ1v) is 3.53. The Kier molecular flexibility index (Phi) is 1.43. The number of hydrogen-bond acceptors (Lipinski definition) is 3. The molecule has 0 spiro atoms. The molecular formula is C9H8NO2. The molecule has 0 saturated carbocycles. The van der Waals surface area contributed by atoms with Crippen molar-refractivity contribution in [2.24, 2.45) is 0 Å². The molecule has 0 aromatic heterocycles. The second-order valence-electron chi connectivity index (χ2n) is 2.49. The Balaban J connectivity index is 2.66. The van der Waals surface area contributed by atoms with Gasteiger partial charge in [-0.1, -0.05) is 0 Å². The summed E-state index contributed by atoms with van der Waals surface area (Å²) in [6.45, 7) is 0. The molecule has 0 atom stereocenters. The number of ether oxygens (including phenoxy) is 1. The smallest absolute Gasteiger partial charge is 0.128 e. The van der Waals surface area contributed by atoms with Gasteiger partial charge in [-0.3, -0.25) is 0 Å². The first-order chi connectivity index (χ1) is 5.81. The molecule has 0 amide bonds. The SMILES string of the molecule is COc1[c]c2cocc(N)c-2c1. The molecule has 0 bridgehead atoms. The van der Waals surface area contributed by atoms with Crippen molar-refractivity contribution in [1.29, 1.82) is 0 Å². The monoisotopic (exact) mass is 162 g/mol. The molecule has 1 radical (unpaired) electrons. The van der Waals surface area contributed by atoms with Crippen molar-refractivity contribution in [3.63, 3.8) is 0 Å². The molecule has 3 heteroatoms. The van der Waals surface area contributed by atoms with Gasteiger partial charge in [0.1, 0.15) is 12.0 Å². The normalized spacial score (nSPS) is 10.4. The topological polar surface area (TPSA) is 48.4 Å². The number of rotatable bonds is 1. The second kappa shape index (κ2) is 2.44. The summed E-state index contributed by atoms with van der Waals surface area (Å²) in [4.78, 5) is 0. The highest BCUT2D eigenvalue weighted by Gasteiger charge is 2.10. The predicted molar refractivity (Wildman–Crippen MR) is 45.1 cm³/mol. The van der Waals surface area contributed by atoms with Gasteiger partial charge in [-0.05, 0) is 6.07 Å². The summed E-state index contributed by atoms with van der Waals surface area (Å²) in [5, 5.41) is 0. The van der Waals surface area contributed by atoms with Gasteiger partial charge in [-0.2, -0.15) is 0 Å². The molecule has 3 nitrogen and oxygen atoms in total. The number of nitrogens with two attached hydrogens (primary N) is 1. The Morgan fingerprint density at radius 3 is 3.00 bits per heavy atom. The van der Waals surface area contributed by atoms with Gasteiger partial charge in [0.2, 0.25) is 0 Å². The zero-order valence-corrected chi connectivity index (χ0v) is 6.63. The van der Waals surface area contributed by atoms with Crippen LogP contribution in [-0.2, 0) is 0 Å². The number of anilines is 1. The van der Waals surface area contributed by atoms with Crippen LogP contribution >= 0.6 is 0 Å². The summed E-state index contributed by atoms with van der Waals surface area (Å²) in [7, 11) is 1.60. The van der Waals surface area contributed by atoms with E-state index in [9.17, 15) is 0 Å². The highest BCUT2D eigenvalue weighted by Crippen LogP contribution is 2.33. The van der Waals surface area contributed by atoms with E-state index in [0.29, 0.717) is 11.4 Å². The van der Waals surface area contributed by atoms with Crippen LogP contribution in [0.5, 0.6) is 5.75 Å². The van der Waals surface area contributed by atoms with Gasteiger partial charge in [0, 0.05) is 17.2 Å². The van der Waals surface area contributed by atoms with Crippen molar-refractivity contribution in [3.8, 4) is 16.9 Å². The van der Waals surface area contributed by atoms with E-state index in [1.54, 1.807) is 13.4 Å². The van der Waals surface area contributed by atoms with Crippen LogP contribution in [0.1, 0.15) is 0 Å². The van der Waals surface area contributed by atoms with Crippen molar-refractivity contribution in [3.05, 3.63) is 24.7 Å². The van der Waals surface area contributed by atoms with Crippen molar-refractivity contribution >= 4 is 5.69 Å². The van der Waals surface area contributed by atoms with Crippen LogP contribution < -0.4 is 10.5 Å². The molecule has 0 unspecified atom stereocenters. The number of methoxy groups -OCH3 is 1. The van der Waals surface area contributed by atoms with Crippen LogP contribution in [0.3, 0.4) is 0 Å². The van der Waals surface area contributed by atoms with Gasteiger partial charge >= 0.3 is 0 Å². The highest BCUT2D eigenvalue weighted by molar-refractivity contribution is 5.78. The number of hydrogen-bond donors (Lipinski definition) is 1. The van der Waals surface area contributed by atoms with Crippen LogP contribution in [0.15, 0.2) is 23.0 Å². The Morgan fingerprint density at radius 1 is 1.50 bits per heavy atom. The van der Waals surface area contributed by atoms with Crippen molar-refractivity contribution < 1.29 is 9.15 Å². The van der Waals surface area contributed by atoms with Gasteiger partial charge in [0.15, 0.2) is 0 Å². The maximum atomic E-state index is 5.65. The number of fused-ring (bicyclic) bond motifs is 1. The molecule has 12 heavy (non-hydrogen) atoms. The second-order valence-corrected chi connectivity index (χ2v) is 2.49. The minimum atomic E-state index is 0.604. The molecule has 2 N–H and O–H groups in total. The molecule has 2 rings (SSSR count). The maximum Gasteiger partial charge on any atom is 0.128 e. The van der Waals surface area contributed by atoms with Crippen LogP contribution in [0, 0.1) is 6.07 Å². The van der Waals surface area contributed by atoms with E-state index in [-0.39, 0.29) is 0 Å². The van der Waals surface area contributed by atoms with Crippen molar-refractivity contribution in [2.45, 2.75) is 0 Å². The van der Waals surface area contributed by atoms with Gasteiger partial charge in [0.25, 0.3) is 0 Å². The maximum absolute atomic E-state index is 5.65. The standard InChI is InChI=1S/C9H8NO2/c1-11-7-2-6-4-12-5-9(10)8(6)3-7/h3-5H,10H2,1H3. The van der Waals surface area contributed by atoms with Crippen LogP contribution in [0.25, 0.3) is 11.1 Å². The Bertz CT molecular complexity index is 367. The zero-order chi connectivity index (χ0) is 8.55. The van der Waals surface area contributed by atoms with Gasteiger partial charge in [-0.15, -0.1) is 0 Å². The average molecular weight is 162 g/mol. The van der Waals surface area contributed by atoms with Crippen molar-refractivity contribution in [2.75, 3.05) is 12.8 Å². The van der Waals surface area contributed by atoms with E-state index >= 15 is 0 Å². The highest BCUT2D eigenvalue weighted by atomic mass is 16.5. The fourth-order valence-corrected chi connectivity index (χ4v) is 1.13. The third kappa shape index (κ3) is 0.906. The zero-order valence-electron chi connectivity index (χ0n) is 6.63. The summed E-state index contributed by atoms with van der Waals surface area (Å²) in [5.74, 6) is 0.679. The van der Waals surface area contributed by atoms with Gasteiger partial charge in [-0.25, -0.2) is 0 Å². The quantitative estimate of drug-likeness (QED) is 0.695. The van der Waals surface area contributed by atoms with Crippen LogP contribution in [0.4, 0.5) is 5.69 Å². The molecule has 0 aromatic carbocycles. The van der Waals surface area contributed by atoms with Crippen LogP contribution in [-0.4, -0.2) is 7.11 Å². The molecule has 0 aromatic rings. The minimum absolute atomic E-state index is 0.604. The molecule has 1 aliphatic carbocycles. The predicted octanol–water partition coefficient (Wildman–Crippen LogP) is 1.78. The number of nitrogen functional groups attached to an aromatic ring is 1. The fourth-order valence-electron chi connectivity index (χ4n) is 1.13. The van der Waals surface area contributed by atoms with E-state index in [4.69, 9.17) is 14.9 Å². The van der Waals surface area contributed by atoms with E-state index in [2.05, 4.69) is 6.07 Å². The molecular weight excluding hydrogens is 154 g/mol. The van der Waals surface area contributed by atoms with E-state index < -0.39 is 0 Å². The summed E-state index contributed by atoms with van der Waals surface area (Å²) < 4.78 is 9.97. The van der Waals surface area contributed by atoms with Gasteiger partial charge in [0.05, 0.1) is 19.1 Å². The summed E-state index contributed by atoms with van der Waals surface area (Å²) >= 11 is 0. The Morgan fingerprint density at radius 2 is 2.33 bits per heavy atom. The average Bonchev–Trinajstić information content (AvgIpc) is 2.49. The lowest BCUT2D eigenvalue weighted by atomic mass is 10.2. The molecule has 61 valence electrons. The van der Waals surface area contributed by atoms with Gasteiger partial charge < -0.3 is 14.9 Å². The summed E-state index contributed by atoms with van der Waals surface area (Å²) in [5.41, 5.74) is 8.01. The van der Waals surface area contributed by atoms with Crippen LogP contribution in [0.2, 0.25) is 0 Å². The fraction of sp³-hybridized carbons (Fsp3) is 0.111. The van der Waals surface area contributed by atoms with E-state index in [0.717, 1.165) is 11.1 Å². The summed E-state index contributed by atoms with van der Waals surface area (Å²) in [6.07, 6.45) is 3.09.